The average molecular weight is 609 g/mol. The van der Waals surface area contributed by atoms with Crippen LogP contribution in [-0.2, 0) is 27.6 Å². The predicted molar refractivity (Wildman–Crippen MR) is 123 cm³/mol. The lowest BCUT2D eigenvalue weighted by atomic mass is 9.97. The third kappa shape index (κ3) is 7.80. The van der Waals surface area contributed by atoms with Gasteiger partial charge >= 0.3 is 22.0 Å². The van der Waals surface area contributed by atoms with E-state index in [0.717, 1.165) is 23.8 Å². The van der Waals surface area contributed by atoms with Crippen molar-refractivity contribution in [1.29, 1.82) is 0 Å². The molecule has 0 spiro atoms. The lowest BCUT2D eigenvalue weighted by Crippen LogP contribution is -2.64. The Hall–Kier alpha value is -1.55. The minimum absolute atomic E-state index is 0.738. The molecule has 0 aromatic carbocycles. The van der Waals surface area contributed by atoms with Gasteiger partial charge in [0.2, 0.25) is 12.2 Å². The maximum absolute atomic E-state index is 11.9. The average Bonchev–Trinajstić information content (AvgIpc) is 3.10. The van der Waals surface area contributed by atoms with Crippen LogP contribution in [0.1, 0.15) is 13.2 Å². The Bertz CT molecular complexity index is 1120. The highest BCUT2D eigenvalue weighted by Crippen LogP contribution is 2.70. The number of aromatic nitrogens is 2. The van der Waals surface area contributed by atoms with Gasteiger partial charge < -0.3 is 40.3 Å². The molecule has 222 valence electrons. The van der Waals surface area contributed by atoms with Gasteiger partial charge in [0.05, 0.1) is 10.9 Å². The van der Waals surface area contributed by atoms with Crippen LogP contribution in [0.25, 0.3) is 0 Å². The standard InChI is InChI=1S/C17H27N3O17P2/c1-6(22)18-10-13(26)11(24)7(4-21)35-16(10)36-39(31,32)37-38(29,30)33-5-8-12(25)14(27)15(34-8)20-3-2-9(23)19-17(20)28/h2-3,7-8,10-16,21,24-27,29-32H,4-5H2,1H3/p+2/t7-,8-,10-,11-,12-,13-,14-,15-,16-/m1/s1. The molecule has 2 aliphatic rings. The summed E-state index contributed by atoms with van der Waals surface area (Å²) >= 11 is 0. The molecule has 2 fully saturated rings. The monoisotopic (exact) mass is 609 g/mol. The van der Waals surface area contributed by atoms with Crippen molar-refractivity contribution in [3.8, 4) is 0 Å². The summed E-state index contributed by atoms with van der Waals surface area (Å²) < 4.78 is 25.1. The summed E-state index contributed by atoms with van der Waals surface area (Å²) in [5.74, 6) is -0.763. The Morgan fingerprint density at radius 1 is 1.03 bits per heavy atom. The van der Waals surface area contributed by atoms with Gasteiger partial charge in [0.1, 0.15) is 49.3 Å². The van der Waals surface area contributed by atoms with Crippen LogP contribution >= 0.6 is 16.3 Å². The van der Waals surface area contributed by atoms with Crippen molar-refractivity contribution in [2.24, 2.45) is 0 Å². The molecule has 0 bridgehead atoms. The fourth-order valence-electron chi connectivity index (χ4n) is 3.77. The van der Waals surface area contributed by atoms with E-state index in [-0.39, 0.29) is 0 Å². The molecule has 0 unspecified atom stereocenters. The van der Waals surface area contributed by atoms with Crippen LogP contribution in [0.2, 0.25) is 0 Å². The van der Waals surface area contributed by atoms with Gasteiger partial charge in [0.15, 0.2) is 6.23 Å². The second kappa shape index (κ2) is 12.5. The second-order valence-corrected chi connectivity index (χ2v) is 11.5. The van der Waals surface area contributed by atoms with Gasteiger partial charge in [-0.05, 0) is 0 Å². The summed E-state index contributed by atoms with van der Waals surface area (Å²) in [7, 11) is -10.5. The number of ether oxygens (including phenoxy) is 2. The molecule has 2 saturated heterocycles. The molecule has 20 nitrogen and oxygen atoms in total. The van der Waals surface area contributed by atoms with Gasteiger partial charge in [-0.3, -0.25) is 19.1 Å². The van der Waals surface area contributed by atoms with Crippen molar-refractivity contribution in [2.75, 3.05) is 13.2 Å². The largest absolute Gasteiger partial charge is 0.622 e. The predicted octanol–water partition coefficient (Wildman–Crippen LogP) is -5.53. The van der Waals surface area contributed by atoms with Crippen molar-refractivity contribution in [1.82, 2.24) is 14.9 Å². The molecule has 0 aliphatic carbocycles. The number of nitrogens with one attached hydrogen (secondary N) is 2. The van der Waals surface area contributed by atoms with Gasteiger partial charge in [-0.25, -0.2) is 4.79 Å². The molecule has 11 N–H and O–H groups in total. The van der Waals surface area contributed by atoms with Crippen LogP contribution in [-0.4, -0.2) is 123 Å². The maximum atomic E-state index is 11.9. The van der Waals surface area contributed by atoms with Crippen LogP contribution < -0.4 is 16.6 Å². The summed E-state index contributed by atoms with van der Waals surface area (Å²) in [5.41, 5.74) is -1.72. The van der Waals surface area contributed by atoms with Gasteiger partial charge in [0, 0.05) is 19.2 Å². The highest BCUT2D eigenvalue weighted by atomic mass is 31.3. The van der Waals surface area contributed by atoms with E-state index in [1.54, 1.807) is 0 Å². The Balaban J connectivity index is 1.65. The first-order chi connectivity index (χ1) is 18.0. The fourth-order valence-corrected chi connectivity index (χ4v) is 6.02. The molecule has 39 heavy (non-hydrogen) atoms. The Morgan fingerprint density at radius 3 is 2.26 bits per heavy atom. The normalized spacial score (nSPS) is 33.7. The first-order valence-corrected chi connectivity index (χ1v) is 14.1. The van der Waals surface area contributed by atoms with Crippen LogP contribution in [0.5, 0.6) is 0 Å². The number of hydrogen-bond acceptors (Lipinski definition) is 17. The minimum Gasteiger partial charge on any atom is -0.394 e. The van der Waals surface area contributed by atoms with Gasteiger partial charge in [-0.15, -0.1) is 9.05 Å². The van der Waals surface area contributed by atoms with Crippen LogP contribution in [0, 0.1) is 0 Å². The number of H-pyrrole nitrogens is 1. The first-order valence-electron chi connectivity index (χ1n) is 11.0. The summed E-state index contributed by atoms with van der Waals surface area (Å²) in [5, 5.41) is 52.1. The van der Waals surface area contributed by atoms with E-state index in [4.69, 9.17) is 18.5 Å². The molecule has 1 aromatic heterocycles. The number of aliphatic hydroxyl groups is 5. The highest BCUT2D eigenvalue weighted by molar-refractivity contribution is 7.68. The minimum atomic E-state index is -5.31. The summed E-state index contributed by atoms with van der Waals surface area (Å²) in [6.45, 7) is -0.791. The Labute approximate surface area is 218 Å². The second-order valence-electron chi connectivity index (χ2n) is 8.46. The topological polar surface area (TPSA) is 312 Å². The van der Waals surface area contributed by atoms with E-state index >= 15 is 0 Å². The molecule has 9 atom stereocenters. The third-order valence-corrected chi connectivity index (χ3v) is 8.24. The lowest BCUT2D eigenvalue weighted by molar-refractivity contribution is -0.249. The van der Waals surface area contributed by atoms with Crippen molar-refractivity contribution < 1.29 is 72.7 Å². The fraction of sp³-hybridized carbons (Fsp3) is 0.706. The smallest absolute Gasteiger partial charge is 0.394 e. The number of nitrogens with zero attached hydrogens (tertiary/aromatic N) is 1. The van der Waals surface area contributed by atoms with Crippen LogP contribution in [0.15, 0.2) is 21.9 Å². The van der Waals surface area contributed by atoms with Crippen molar-refractivity contribution in [2.45, 2.75) is 62.1 Å². The molecule has 1 amide bonds. The van der Waals surface area contributed by atoms with E-state index in [1.165, 1.54) is 0 Å². The molecular weight excluding hydrogens is 580 g/mol. The van der Waals surface area contributed by atoms with E-state index in [2.05, 4.69) is 9.63 Å². The molecule has 1 aromatic rings. The zero-order chi connectivity index (χ0) is 29.3. The zero-order valence-corrected chi connectivity index (χ0v) is 21.7. The van der Waals surface area contributed by atoms with E-state index < -0.39 is 102 Å². The zero-order valence-electron chi connectivity index (χ0n) is 19.9. The number of hydrogen-bond donors (Lipinski definition) is 11. The summed E-state index contributed by atoms with van der Waals surface area (Å²) in [6, 6.07) is -0.689. The lowest BCUT2D eigenvalue weighted by Gasteiger charge is -2.40. The number of aromatic amines is 1. The maximum Gasteiger partial charge on any atom is 0.622 e. The van der Waals surface area contributed by atoms with E-state index in [0.29, 0.717) is 0 Å². The van der Waals surface area contributed by atoms with Crippen molar-refractivity contribution in [3.05, 3.63) is 33.1 Å². The van der Waals surface area contributed by atoms with Gasteiger partial charge in [-0.1, -0.05) is 0 Å². The van der Waals surface area contributed by atoms with Crippen molar-refractivity contribution in [3.63, 3.8) is 0 Å². The van der Waals surface area contributed by atoms with Crippen molar-refractivity contribution >= 4 is 22.2 Å². The Kier molecular flexibility index (Phi) is 10.3. The SMILES string of the molecule is CC(=O)N[C@H]1[C@@H](O[P+](O)(O)O[P+](O)(O)OC[C@H]2O[C@@H](n3ccc(=O)[nH]c3=O)[C@H](O)[C@@H]2O)O[C@H](CO)[C@@H](O)[C@@H]1O. The van der Waals surface area contributed by atoms with E-state index in [9.17, 15) is 59.5 Å². The number of rotatable bonds is 10. The molecule has 3 heterocycles. The van der Waals surface area contributed by atoms with E-state index in [1.807, 2.05) is 4.98 Å². The number of carbonyl (C=O) groups is 1. The van der Waals surface area contributed by atoms with Gasteiger partial charge in [-0.2, -0.15) is 19.6 Å². The molecular formula is C17H29N3O17P2+2. The quantitative estimate of drug-likeness (QED) is 0.110. The van der Waals surface area contributed by atoms with Crippen LogP contribution in [0.3, 0.4) is 0 Å². The summed E-state index contributed by atoms with van der Waals surface area (Å²) in [6.07, 6.45) is -12.6. The molecule has 22 heteroatoms. The Morgan fingerprint density at radius 2 is 1.67 bits per heavy atom. The molecule has 2 aliphatic heterocycles. The number of amides is 1. The molecule has 3 rings (SSSR count). The van der Waals surface area contributed by atoms with Crippen LogP contribution in [0.4, 0.5) is 0 Å². The highest BCUT2D eigenvalue weighted by Gasteiger charge is 2.64. The first kappa shape index (κ1) is 32.0. The number of aliphatic hydroxyl groups excluding tert-OH is 5. The third-order valence-electron chi connectivity index (χ3n) is 5.57. The number of carbonyl (C=O) groups excluding carboxylic acids is 1. The molecule has 0 saturated carbocycles. The summed E-state index contributed by atoms with van der Waals surface area (Å²) in [4.78, 5) is 77.0. The molecule has 0 radical (unpaired) electrons. The van der Waals surface area contributed by atoms with Gasteiger partial charge in [0.25, 0.3) is 5.56 Å².